The molecule has 0 aromatic carbocycles. The van der Waals surface area contributed by atoms with E-state index in [1.165, 1.54) is 0 Å². The highest BCUT2D eigenvalue weighted by atomic mass is 16.4. The summed E-state index contributed by atoms with van der Waals surface area (Å²) >= 11 is 0. The van der Waals surface area contributed by atoms with Gasteiger partial charge in [-0.15, -0.1) is 0 Å². The first-order valence-electron chi connectivity index (χ1n) is 5.49. The van der Waals surface area contributed by atoms with Gasteiger partial charge in [-0.2, -0.15) is 5.10 Å². The summed E-state index contributed by atoms with van der Waals surface area (Å²) in [4.78, 5) is 24.8. The van der Waals surface area contributed by atoms with Gasteiger partial charge in [-0.05, 0) is 12.8 Å². The van der Waals surface area contributed by atoms with Crippen molar-refractivity contribution in [3.05, 3.63) is 16.3 Å². The molecule has 1 aromatic heterocycles. The van der Waals surface area contributed by atoms with Gasteiger partial charge in [-0.1, -0.05) is 19.3 Å². The Balaban J connectivity index is 2.19. The lowest BCUT2D eigenvalue weighted by Gasteiger charge is -2.32. The summed E-state index contributed by atoms with van der Waals surface area (Å²) < 4.78 is 0. The third-order valence-electron chi connectivity index (χ3n) is 3.32. The molecule has 0 spiro atoms. The Morgan fingerprint density at radius 2 is 2.06 bits per heavy atom. The number of hydrogen-bond donors (Lipinski definition) is 3. The number of aromatic nitrogens is 3. The summed E-state index contributed by atoms with van der Waals surface area (Å²) in [5.74, 6) is -0.342. The molecule has 0 saturated heterocycles. The summed E-state index contributed by atoms with van der Waals surface area (Å²) in [6.45, 7) is 0. The van der Waals surface area contributed by atoms with Crippen LogP contribution in [0.1, 0.15) is 37.9 Å². The Morgan fingerprint density at radius 1 is 1.38 bits per heavy atom. The van der Waals surface area contributed by atoms with Gasteiger partial charge in [0.15, 0.2) is 0 Å². The molecule has 0 bridgehead atoms. The first-order valence-corrected chi connectivity index (χ1v) is 5.49. The molecule has 1 heterocycles. The number of nitrogens with zero attached hydrogens (tertiary/aromatic N) is 1. The fourth-order valence-corrected chi connectivity index (χ4v) is 2.40. The van der Waals surface area contributed by atoms with E-state index >= 15 is 0 Å². The predicted molar refractivity (Wildman–Crippen MR) is 56.1 cm³/mol. The van der Waals surface area contributed by atoms with Crippen molar-refractivity contribution >= 4 is 5.97 Å². The molecule has 0 amide bonds. The molecule has 0 atom stereocenters. The quantitative estimate of drug-likeness (QED) is 0.704. The minimum absolute atomic E-state index is 0.307. The van der Waals surface area contributed by atoms with Gasteiger partial charge in [0.2, 0.25) is 0 Å². The maximum atomic E-state index is 11.4. The minimum atomic E-state index is -0.781. The normalized spacial score (nSPS) is 19.5. The fraction of sp³-hybridized carbons (Fsp3) is 0.700. The maximum Gasteiger partial charge on any atom is 0.340 e. The highest BCUT2D eigenvalue weighted by Gasteiger charge is 2.40. The lowest BCUT2D eigenvalue weighted by Crippen LogP contribution is -2.36. The van der Waals surface area contributed by atoms with Gasteiger partial charge in [-0.3, -0.25) is 9.78 Å². The second-order valence-electron chi connectivity index (χ2n) is 4.45. The molecule has 2 rings (SSSR count). The summed E-state index contributed by atoms with van der Waals surface area (Å²) in [5.41, 5.74) is -1.12. The van der Waals surface area contributed by atoms with Crippen molar-refractivity contribution in [1.82, 2.24) is 15.2 Å². The van der Waals surface area contributed by atoms with E-state index in [2.05, 4.69) is 15.2 Å². The number of carboxylic acid groups (broad SMARTS) is 1. The van der Waals surface area contributed by atoms with E-state index in [0.717, 1.165) is 19.3 Å². The van der Waals surface area contributed by atoms with Crippen molar-refractivity contribution in [2.75, 3.05) is 0 Å². The Bertz CT molecular complexity index is 429. The largest absolute Gasteiger partial charge is 0.481 e. The molecular formula is C10H15N3O3. The summed E-state index contributed by atoms with van der Waals surface area (Å²) in [6.07, 6.45) is 4.59. The SMILES string of the molecule is O=C(O)C1(Cc2n[nH]c(=O)[nH]2)CCCCC1. The van der Waals surface area contributed by atoms with Crippen LogP contribution >= 0.6 is 0 Å². The molecule has 1 saturated carbocycles. The van der Waals surface area contributed by atoms with Crippen LogP contribution in [-0.2, 0) is 11.2 Å². The number of nitrogens with one attached hydrogen (secondary N) is 2. The molecule has 1 aliphatic carbocycles. The first kappa shape index (κ1) is 10.9. The van der Waals surface area contributed by atoms with Gasteiger partial charge >= 0.3 is 11.7 Å². The number of aliphatic carboxylic acids is 1. The Hall–Kier alpha value is -1.59. The van der Waals surface area contributed by atoms with Crippen molar-refractivity contribution in [2.45, 2.75) is 38.5 Å². The zero-order valence-corrected chi connectivity index (χ0v) is 8.95. The van der Waals surface area contributed by atoms with E-state index in [1.54, 1.807) is 0 Å². The van der Waals surface area contributed by atoms with Crippen LogP contribution < -0.4 is 5.69 Å². The van der Waals surface area contributed by atoms with Crippen LogP contribution in [0.15, 0.2) is 4.79 Å². The molecule has 3 N–H and O–H groups in total. The maximum absolute atomic E-state index is 11.4. The van der Waals surface area contributed by atoms with Crippen LogP contribution in [0.5, 0.6) is 0 Å². The third kappa shape index (κ3) is 2.00. The standard InChI is InChI=1S/C10H15N3O3/c14-8(15)10(4-2-1-3-5-10)6-7-11-9(16)13-12-7/h1-6H2,(H,14,15)(H2,11,12,13,16). The molecule has 6 nitrogen and oxygen atoms in total. The van der Waals surface area contributed by atoms with E-state index < -0.39 is 11.4 Å². The summed E-state index contributed by atoms with van der Waals surface area (Å²) in [6, 6.07) is 0. The monoisotopic (exact) mass is 225 g/mol. The second-order valence-corrected chi connectivity index (χ2v) is 4.45. The van der Waals surface area contributed by atoms with Crippen molar-refractivity contribution in [2.24, 2.45) is 5.41 Å². The highest BCUT2D eigenvalue weighted by molar-refractivity contribution is 5.75. The molecular weight excluding hydrogens is 210 g/mol. The van der Waals surface area contributed by atoms with Crippen LogP contribution in [-0.4, -0.2) is 26.3 Å². The summed E-state index contributed by atoms with van der Waals surface area (Å²) in [7, 11) is 0. The molecule has 1 fully saturated rings. The predicted octanol–water partition coefficient (Wildman–Crippen LogP) is 0.676. The van der Waals surface area contributed by atoms with Gasteiger partial charge in [0, 0.05) is 6.42 Å². The highest BCUT2D eigenvalue weighted by Crippen LogP contribution is 2.38. The van der Waals surface area contributed by atoms with E-state index in [1.807, 2.05) is 0 Å². The molecule has 0 unspecified atom stereocenters. The van der Waals surface area contributed by atoms with Gasteiger partial charge in [0.25, 0.3) is 0 Å². The molecule has 1 aliphatic rings. The van der Waals surface area contributed by atoms with Crippen molar-refractivity contribution in [3.8, 4) is 0 Å². The van der Waals surface area contributed by atoms with Gasteiger partial charge < -0.3 is 5.11 Å². The minimum Gasteiger partial charge on any atom is -0.481 e. The van der Waals surface area contributed by atoms with E-state index in [4.69, 9.17) is 0 Å². The van der Waals surface area contributed by atoms with Crippen LogP contribution in [0.3, 0.4) is 0 Å². The molecule has 0 radical (unpaired) electrons. The first-order chi connectivity index (χ1) is 7.62. The fourth-order valence-electron chi connectivity index (χ4n) is 2.40. The van der Waals surface area contributed by atoms with Crippen LogP contribution in [0.4, 0.5) is 0 Å². The lowest BCUT2D eigenvalue weighted by molar-refractivity contribution is -0.151. The topological polar surface area (TPSA) is 98.8 Å². The number of aromatic amines is 2. The number of rotatable bonds is 3. The molecule has 88 valence electrons. The number of hydrogen-bond acceptors (Lipinski definition) is 3. The van der Waals surface area contributed by atoms with E-state index in [9.17, 15) is 14.7 Å². The van der Waals surface area contributed by atoms with Crippen LogP contribution in [0, 0.1) is 5.41 Å². The molecule has 0 aliphatic heterocycles. The molecule has 16 heavy (non-hydrogen) atoms. The Kier molecular flexibility index (Phi) is 2.80. The lowest BCUT2D eigenvalue weighted by atomic mass is 9.72. The average Bonchev–Trinajstić information content (AvgIpc) is 2.65. The van der Waals surface area contributed by atoms with Gasteiger partial charge in [0.05, 0.1) is 5.41 Å². The average molecular weight is 225 g/mol. The van der Waals surface area contributed by atoms with Crippen LogP contribution in [0.25, 0.3) is 0 Å². The third-order valence-corrected chi connectivity index (χ3v) is 3.32. The summed E-state index contributed by atoms with van der Waals surface area (Å²) in [5, 5.41) is 15.4. The van der Waals surface area contributed by atoms with Crippen LogP contribution in [0.2, 0.25) is 0 Å². The van der Waals surface area contributed by atoms with E-state index in [-0.39, 0.29) is 5.69 Å². The van der Waals surface area contributed by atoms with Gasteiger partial charge in [0.1, 0.15) is 5.82 Å². The van der Waals surface area contributed by atoms with Crippen molar-refractivity contribution in [1.29, 1.82) is 0 Å². The smallest absolute Gasteiger partial charge is 0.340 e. The Labute approximate surface area is 92.1 Å². The van der Waals surface area contributed by atoms with Crippen molar-refractivity contribution < 1.29 is 9.90 Å². The zero-order valence-electron chi connectivity index (χ0n) is 8.95. The van der Waals surface area contributed by atoms with Crippen molar-refractivity contribution in [3.63, 3.8) is 0 Å². The number of H-pyrrole nitrogens is 2. The van der Waals surface area contributed by atoms with Gasteiger partial charge in [-0.25, -0.2) is 9.89 Å². The zero-order chi connectivity index (χ0) is 11.6. The number of carbonyl (C=O) groups is 1. The molecule has 1 aromatic rings. The Morgan fingerprint density at radius 3 is 2.56 bits per heavy atom. The number of carboxylic acids is 1. The second kappa shape index (κ2) is 4.11. The molecule has 6 heteroatoms. The van der Waals surface area contributed by atoms with E-state index in [0.29, 0.717) is 25.1 Å².